The second-order valence-corrected chi connectivity index (χ2v) is 2.69. The molecular formula is C6H11NO4. The molecule has 64 valence electrons. The van der Waals surface area contributed by atoms with E-state index in [2.05, 4.69) is 5.32 Å². The van der Waals surface area contributed by atoms with Gasteiger partial charge in [-0.2, -0.15) is 0 Å². The average Bonchev–Trinajstić information content (AvgIpc) is 2.33. The average molecular weight is 161 g/mol. The van der Waals surface area contributed by atoms with E-state index in [1.807, 2.05) is 0 Å². The highest BCUT2D eigenvalue weighted by Crippen LogP contribution is 2.16. The van der Waals surface area contributed by atoms with E-state index in [-0.39, 0.29) is 13.2 Å². The van der Waals surface area contributed by atoms with E-state index in [0.29, 0.717) is 13.0 Å². The molecule has 1 rings (SSSR count). The molecular weight excluding hydrogens is 150 g/mol. The normalized spacial score (nSPS) is 30.3. The largest absolute Gasteiger partial charge is 0.465 e. The lowest BCUT2D eigenvalue weighted by Gasteiger charge is -2.19. The van der Waals surface area contributed by atoms with Crippen LogP contribution in [-0.4, -0.2) is 41.7 Å². The second kappa shape index (κ2) is 3.06. The third kappa shape index (κ3) is 2.36. The summed E-state index contributed by atoms with van der Waals surface area (Å²) in [4.78, 5) is 10.0. The van der Waals surface area contributed by atoms with Gasteiger partial charge >= 0.3 is 6.09 Å². The Morgan fingerprint density at radius 2 is 2.45 bits per heavy atom. The van der Waals surface area contributed by atoms with Crippen molar-refractivity contribution in [2.45, 2.75) is 12.0 Å². The van der Waals surface area contributed by atoms with E-state index in [9.17, 15) is 9.90 Å². The van der Waals surface area contributed by atoms with Crippen LogP contribution in [0.25, 0.3) is 0 Å². The van der Waals surface area contributed by atoms with Gasteiger partial charge in [0.2, 0.25) is 0 Å². The van der Waals surface area contributed by atoms with Crippen molar-refractivity contribution >= 4 is 6.09 Å². The first-order valence-electron chi connectivity index (χ1n) is 3.39. The lowest BCUT2D eigenvalue weighted by molar-refractivity contribution is 0.0275. The molecule has 1 atom stereocenters. The highest BCUT2D eigenvalue weighted by molar-refractivity contribution is 5.64. The molecule has 0 aromatic heterocycles. The van der Waals surface area contributed by atoms with Gasteiger partial charge in [-0.05, 0) is 0 Å². The van der Waals surface area contributed by atoms with Gasteiger partial charge in [0.15, 0.2) is 0 Å². The summed E-state index contributed by atoms with van der Waals surface area (Å²) in [5.41, 5.74) is -0.988. The van der Waals surface area contributed by atoms with E-state index in [0.717, 1.165) is 0 Å². The van der Waals surface area contributed by atoms with Gasteiger partial charge < -0.3 is 20.3 Å². The predicted molar refractivity (Wildman–Crippen MR) is 36.4 cm³/mol. The summed E-state index contributed by atoms with van der Waals surface area (Å²) in [6.45, 7) is 0.757. The topological polar surface area (TPSA) is 78.8 Å². The summed E-state index contributed by atoms with van der Waals surface area (Å²) in [5, 5.41) is 19.8. The Hall–Kier alpha value is -0.810. The summed E-state index contributed by atoms with van der Waals surface area (Å²) >= 11 is 0. The molecule has 11 heavy (non-hydrogen) atoms. The fraction of sp³-hybridized carbons (Fsp3) is 0.833. The first kappa shape index (κ1) is 8.29. The summed E-state index contributed by atoms with van der Waals surface area (Å²) in [5.74, 6) is 0. The molecule has 1 heterocycles. The number of ether oxygens (including phenoxy) is 1. The van der Waals surface area contributed by atoms with Crippen LogP contribution in [0.5, 0.6) is 0 Å². The van der Waals surface area contributed by atoms with Crippen LogP contribution in [0, 0.1) is 0 Å². The van der Waals surface area contributed by atoms with Crippen molar-refractivity contribution in [1.29, 1.82) is 0 Å². The highest BCUT2D eigenvalue weighted by atomic mass is 16.5. The molecule has 1 aliphatic rings. The maximum absolute atomic E-state index is 10.0. The number of hydrogen-bond acceptors (Lipinski definition) is 3. The molecule has 0 spiro atoms. The van der Waals surface area contributed by atoms with Crippen LogP contribution in [0.2, 0.25) is 0 Å². The van der Waals surface area contributed by atoms with Crippen molar-refractivity contribution in [2.75, 3.05) is 19.8 Å². The van der Waals surface area contributed by atoms with Gasteiger partial charge in [-0.1, -0.05) is 0 Å². The van der Waals surface area contributed by atoms with Gasteiger partial charge in [-0.25, -0.2) is 4.79 Å². The molecule has 0 radical (unpaired) electrons. The van der Waals surface area contributed by atoms with Crippen molar-refractivity contribution in [2.24, 2.45) is 0 Å². The number of carbonyl (C=O) groups is 1. The molecule has 0 unspecified atom stereocenters. The Kier molecular flexibility index (Phi) is 2.31. The summed E-state index contributed by atoms with van der Waals surface area (Å²) in [6, 6.07) is 0. The predicted octanol–water partition coefficient (Wildman–Crippen LogP) is -0.595. The molecule has 1 saturated heterocycles. The van der Waals surface area contributed by atoms with Crippen molar-refractivity contribution < 1.29 is 19.7 Å². The lowest BCUT2D eigenvalue weighted by atomic mass is 10.0. The zero-order valence-corrected chi connectivity index (χ0v) is 6.04. The number of amides is 1. The van der Waals surface area contributed by atoms with Crippen molar-refractivity contribution in [1.82, 2.24) is 5.32 Å². The van der Waals surface area contributed by atoms with E-state index in [1.165, 1.54) is 0 Å². The Bertz CT molecular complexity index is 153. The minimum atomic E-state index is -1.12. The minimum absolute atomic E-state index is 0.0440. The summed E-state index contributed by atoms with van der Waals surface area (Å²) < 4.78 is 4.91. The number of hydrogen-bond donors (Lipinski definition) is 3. The van der Waals surface area contributed by atoms with Gasteiger partial charge in [0.05, 0.1) is 13.2 Å². The van der Waals surface area contributed by atoms with E-state index >= 15 is 0 Å². The Labute approximate surface area is 64.0 Å². The van der Waals surface area contributed by atoms with Gasteiger partial charge in [-0.15, -0.1) is 0 Å². The number of nitrogens with one attached hydrogen (secondary N) is 1. The van der Waals surface area contributed by atoms with Crippen LogP contribution in [0.1, 0.15) is 6.42 Å². The molecule has 1 aliphatic heterocycles. The van der Waals surface area contributed by atoms with E-state index < -0.39 is 11.7 Å². The van der Waals surface area contributed by atoms with Gasteiger partial charge in [0, 0.05) is 13.0 Å². The Morgan fingerprint density at radius 3 is 2.91 bits per heavy atom. The quantitative estimate of drug-likeness (QED) is 0.505. The fourth-order valence-electron chi connectivity index (χ4n) is 0.976. The molecule has 0 saturated carbocycles. The number of rotatable bonds is 2. The van der Waals surface area contributed by atoms with Gasteiger partial charge in [0.25, 0.3) is 0 Å². The highest BCUT2D eigenvalue weighted by Gasteiger charge is 2.32. The van der Waals surface area contributed by atoms with Crippen LogP contribution in [0.4, 0.5) is 4.79 Å². The molecule has 1 amide bonds. The SMILES string of the molecule is O=C(O)NC[C@@]1(O)CCOC1. The van der Waals surface area contributed by atoms with Crippen molar-refractivity contribution in [3.05, 3.63) is 0 Å². The summed E-state index contributed by atoms with van der Waals surface area (Å²) in [7, 11) is 0. The Balaban J connectivity index is 2.28. The zero-order chi connectivity index (χ0) is 8.32. The van der Waals surface area contributed by atoms with Gasteiger partial charge in [0.1, 0.15) is 5.60 Å². The van der Waals surface area contributed by atoms with Crippen LogP contribution < -0.4 is 5.32 Å². The van der Waals surface area contributed by atoms with Crippen LogP contribution >= 0.6 is 0 Å². The van der Waals surface area contributed by atoms with E-state index in [4.69, 9.17) is 9.84 Å². The van der Waals surface area contributed by atoms with Crippen molar-refractivity contribution in [3.63, 3.8) is 0 Å². The number of carboxylic acid groups (broad SMARTS) is 1. The summed E-state index contributed by atoms with van der Waals surface area (Å²) in [6.07, 6.45) is -0.627. The smallest absolute Gasteiger partial charge is 0.404 e. The standard InChI is InChI=1S/C6H11NO4/c8-5(9)7-3-6(10)1-2-11-4-6/h7,10H,1-4H2,(H,8,9)/t6-/m0/s1. The molecule has 0 aromatic rings. The second-order valence-electron chi connectivity index (χ2n) is 2.69. The molecule has 1 fully saturated rings. The molecule has 0 aromatic carbocycles. The van der Waals surface area contributed by atoms with Gasteiger partial charge in [-0.3, -0.25) is 0 Å². The maximum atomic E-state index is 10.0. The molecule has 3 N–H and O–H groups in total. The lowest BCUT2D eigenvalue weighted by Crippen LogP contribution is -2.42. The maximum Gasteiger partial charge on any atom is 0.404 e. The minimum Gasteiger partial charge on any atom is -0.465 e. The fourth-order valence-corrected chi connectivity index (χ4v) is 0.976. The molecule has 0 bridgehead atoms. The van der Waals surface area contributed by atoms with Crippen molar-refractivity contribution in [3.8, 4) is 0 Å². The first-order valence-corrected chi connectivity index (χ1v) is 3.39. The molecule has 0 aliphatic carbocycles. The van der Waals surface area contributed by atoms with Crippen LogP contribution in [-0.2, 0) is 4.74 Å². The van der Waals surface area contributed by atoms with Crippen LogP contribution in [0.3, 0.4) is 0 Å². The third-order valence-electron chi connectivity index (χ3n) is 1.65. The molecule has 5 nitrogen and oxygen atoms in total. The van der Waals surface area contributed by atoms with Crippen LogP contribution in [0.15, 0.2) is 0 Å². The van der Waals surface area contributed by atoms with E-state index in [1.54, 1.807) is 0 Å². The Morgan fingerprint density at radius 1 is 1.73 bits per heavy atom. The zero-order valence-electron chi connectivity index (χ0n) is 6.04. The number of aliphatic hydroxyl groups is 1. The third-order valence-corrected chi connectivity index (χ3v) is 1.65. The first-order chi connectivity index (χ1) is 5.12. The molecule has 5 heteroatoms. The monoisotopic (exact) mass is 161 g/mol.